The third kappa shape index (κ3) is 3.54. The molecule has 140 valence electrons. The van der Waals surface area contributed by atoms with Gasteiger partial charge in [0.25, 0.3) is 11.5 Å². The van der Waals surface area contributed by atoms with Gasteiger partial charge in [-0.15, -0.1) is 11.3 Å². The number of thiophene rings is 1. The Morgan fingerprint density at radius 1 is 1.21 bits per heavy atom. The molecule has 6 nitrogen and oxygen atoms in total. The van der Waals surface area contributed by atoms with E-state index in [-0.39, 0.29) is 16.6 Å². The van der Waals surface area contributed by atoms with Gasteiger partial charge in [-0.2, -0.15) is 0 Å². The van der Waals surface area contributed by atoms with Crippen molar-refractivity contribution in [2.24, 2.45) is 0 Å². The number of hydrogen-bond acceptors (Lipinski definition) is 5. The standard InChI is InChI=1S/C20H15ClN4O2S/c1-12-16-19(23-11-25(20(16)27)10-13-5-3-2-4-6-13)28-17(12)18(26)24-14-7-8-22-15(21)9-14/h2-9,11H,10H2,1H3,(H,22,24,26). The van der Waals surface area contributed by atoms with E-state index < -0.39 is 0 Å². The van der Waals surface area contributed by atoms with Gasteiger partial charge in [-0.25, -0.2) is 9.97 Å². The highest BCUT2D eigenvalue weighted by Gasteiger charge is 2.19. The zero-order valence-corrected chi connectivity index (χ0v) is 16.4. The molecule has 0 aliphatic heterocycles. The number of rotatable bonds is 4. The molecule has 4 rings (SSSR count). The summed E-state index contributed by atoms with van der Waals surface area (Å²) in [6.45, 7) is 2.19. The molecule has 28 heavy (non-hydrogen) atoms. The van der Waals surface area contributed by atoms with Crippen molar-refractivity contribution in [3.63, 3.8) is 0 Å². The van der Waals surface area contributed by atoms with E-state index in [4.69, 9.17) is 11.6 Å². The number of amides is 1. The minimum Gasteiger partial charge on any atom is -0.321 e. The van der Waals surface area contributed by atoms with Crippen LogP contribution >= 0.6 is 22.9 Å². The fourth-order valence-corrected chi connectivity index (χ4v) is 4.15. The molecule has 0 spiro atoms. The summed E-state index contributed by atoms with van der Waals surface area (Å²) in [6.07, 6.45) is 3.04. The van der Waals surface area contributed by atoms with Crippen molar-refractivity contribution in [3.05, 3.63) is 86.5 Å². The Balaban J connectivity index is 1.69. The molecule has 0 aliphatic carbocycles. The van der Waals surface area contributed by atoms with Gasteiger partial charge in [0.05, 0.1) is 23.1 Å². The second kappa shape index (κ2) is 7.53. The molecular formula is C20H15ClN4O2S. The number of pyridine rings is 1. The molecule has 0 atom stereocenters. The lowest BCUT2D eigenvalue weighted by Gasteiger charge is -2.05. The van der Waals surface area contributed by atoms with Crippen LogP contribution in [0.4, 0.5) is 5.69 Å². The number of halogens is 1. The molecule has 8 heteroatoms. The summed E-state index contributed by atoms with van der Waals surface area (Å²) in [6, 6.07) is 12.9. The van der Waals surface area contributed by atoms with Crippen molar-refractivity contribution in [2.75, 3.05) is 5.32 Å². The van der Waals surface area contributed by atoms with Crippen LogP contribution in [0.1, 0.15) is 20.8 Å². The summed E-state index contributed by atoms with van der Waals surface area (Å²) >= 11 is 7.06. The monoisotopic (exact) mass is 410 g/mol. The highest BCUT2D eigenvalue weighted by molar-refractivity contribution is 7.20. The molecule has 3 heterocycles. The number of aromatic nitrogens is 3. The Labute approximate surface area is 169 Å². The molecule has 4 aromatic rings. The first-order chi connectivity index (χ1) is 13.5. The van der Waals surface area contributed by atoms with Crippen LogP contribution in [0.25, 0.3) is 10.2 Å². The number of carbonyl (C=O) groups excluding carboxylic acids is 1. The Kier molecular flexibility index (Phi) is 4.93. The number of hydrogen-bond donors (Lipinski definition) is 1. The summed E-state index contributed by atoms with van der Waals surface area (Å²) < 4.78 is 1.56. The van der Waals surface area contributed by atoms with E-state index in [2.05, 4.69) is 15.3 Å². The minimum absolute atomic E-state index is 0.159. The second-order valence-corrected chi connectivity index (χ2v) is 7.61. The average molecular weight is 411 g/mol. The number of anilines is 1. The SMILES string of the molecule is Cc1c(C(=O)Nc2ccnc(Cl)c2)sc2ncn(Cc3ccccc3)c(=O)c12. The van der Waals surface area contributed by atoms with Gasteiger partial charge in [0.15, 0.2) is 0 Å². The molecule has 0 radical (unpaired) electrons. The normalized spacial score (nSPS) is 10.9. The molecule has 1 amide bonds. The van der Waals surface area contributed by atoms with E-state index in [0.29, 0.717) is 32.9 Å². The quantitative estimate of drug-likeness (QED) is 0.513. The van der Waals surface area contributed by atoms with E-state index >= 15 is 0 Å². The molecule has 1 N–H and O–H groups in total. The molecule has 0 bridgehead atoms. The van der Waals surface area contributed by atoms with Crippen LogP contribution in [0.15, 0.2) is 59.8 Å². The average Bonchev–Trinajstić information content (AvgIpc) is 3.02. The summed E-state index contributed by atoms with van der Waals surface area (Å²) in [7, 11) is 0. The van der Waals surface area contributed by atoms with Gasteiger partial charge in [-0.3, -0.25) is 14.2 Å². The van der Waals surface area contributed by atoms with Crippen molar-refractivity contribution in [1.82, 2.24) is 14.5 Å². The Bertz CT molecular complexity index is 1230. The Hall–Kier alpha value is -3.03. The summed E-state index contributed by atoms with van der Waals surface area (Å²) in [5.74, 6) is -0.309. The van der Waals surface area contributed by atoms with Crippen LogP contribution in [0, 0.1) is 6.92 Å². The lowest BCUT2D eigenvalue weighted by molar-refractivity contribution is 0.103. The predicted octanol–water partition coefficient (Wildman–Crippen LogP) is 4.12. The van der Waals surface area contributed by atoms with Crippen molar-refractivity contribution >= 4 is 44.7 Å². The zero-order valence-electron chi connectivity index (χ0n) is 14.8. The molecule has 1 aromatic carbocycles. The van der Waals surface area contributed by atoms with Gasteiger partial charge in [0, 0.05) is 11.9 Å². The number of nitrogens with zero attached hydrogens (tertiary/aromatic N) is 3. The molecular weight excluding hydrogens is 396 g/mol. The van der Waals surface area contributed by atoms with Crippen LogP contribution in [-0.4, -0.2) is 20.4 Å². The molecule has 0 saturated carbocycles. The number of carbonyl (C=O) groups is 1. The van der Waals surface area contributed by atoms with Gasteiger partial charge in [0.2, 0.25) is 0 Å². The van der Waals surface area contributed by atoms with Crippen LogP contribution in [-0.2, 0) is 6.54 Å². The first-order valence-corrected chi connectivity index (χ1v) is 9.68. The number of nitrogens with one attached hydrogen (secondary N) is 1. The number of aryl methyl sites for hydroxylation is 1. The van der Waals surface area contributed by atoms with Crippen molar-refractivity contribution < 1.29 is 4.79 Å². The van der Waals surface area contributed by atoms with Gasteiger partial charge in [-0.05, 0) is 30.2 Å². The predicted molar refractivity (Wildman–Crippen MR) is 111 cm³/mol. The van der Waals surface area contributed by atoms with Gasteiger partial charge >= 0.3 is 0 Å². The van der Waals surface area contributed by atoms with E-state index in [0.717, 1.165) is 5.56 Å². The van der Waals surface area contributed by atoms with Crippen molar-refractivity contribution in [3.8, 4) is 0 Å². The zero-order chi connectivity index (χ0) is 19.7. The van der Waals surface area contributed by atoms with Crippen LogP contribution < -0.4 is 10.9 Å². The summed E-state index contributed by atoms with van der Waals surface area (Å²) in [5.41, 5.74) is 2.01. The third-order valence-electron chi connectivity index (χ3n) is 4.30. The maximum atomic E-state index is 13.0. The molecule has 0 saturated heterocycles. The first kappa shape index (κ1) is 18.3. The maximum Gasteiger partial charge on any atom is 0.266 e. The largest absolute Gasteiger partial charge is 0.321 e. The smallest absolute Gasteiger partial charge is 0.266 e. The second-order valence-electron chi connectivity index (χ2n) is 6.22. The minimum atomic E-state index is -0.309. The van der Waals surface area contributed by atoms with E-state index in [9.17, 15) is 9.59 Å². The summed E-state index contributed by atoms with van der Waals surface area (Å²) in [5, 5.41) is 3.55. The van der Waals surface area contributed by atoms with Crippen LogP contribution in [0.3, 0.4) is 0 Å². The lowest BCUT2D eigenvalue weighted by Crippen LogP contribution is -2.21. The van der Waals surface area contributed by atoms with E-state index in [1.165, 1.54) is 23.9 Å². The molecule has 0 unspecified atom stereocenters. The number of benzene rings is 1. The first-order valence-electron chi connectivity index (χ1n) is 8.48. The lowest BCUT2D eigenvalue weighted by atomic mass is 10.2. The fourth-order valence-electron chi connectivity index (χ4n) is 2.94. The van der Waals surface area contributed by atoms with Gasteiger partial charge < -0.3 is 5.32 Å². The van der Waals surface area contributed by atoms with Crippen LogP contribution in [0.5, 0.6) is 0 Å². The fraction of sp³-hybridized carbons (Fsp3) is 0.100. The molecule has 0 fully saturated rings. The van der Waals surface area contributed by atoms with Gasteiger partial charge in [-0.1, -0.05) is 41.9 Å². The highest BCUT2D eigenvalue weighted by atomic mass is 35.5. The van der Waals surface area contributed by atoms with Crippen molar-refractivity contribution in [1.29, 1.82) is 0 Å². The Morgan fingerprint density at radius 3 is 2.75 bits per heavy atom. The maximum absolute atomic E-state index is 13.0. The third-order valence-corrected chi connectivity index (χ3v) is 5.71. The van der Waals surface area contributed by atoms with Crippen molar-refractivity contribution in [2.45, 2.75) is 13.5 Å². The van der Waals surface area contributed by atoms with Crippen LogP contribution in [0.2, 0.25) is 5.15 Å². The number of fused-ring (bicyclic) bond motifs is 1. The molecule has 3 aromatic heterocycles. The van der Waals surface area contributed by atoms with E-state index in [1.54, 1.807) is 23.6 Å². The highest BCUT2D eigenvalue weighted by Crippen LogP contribution is 2.28. The Morgan fingerprint density at radius 2 is 2.00 bits per heavy atom. The summed E-state index contributed by atoms with van der Waals surface area (Å²) in [4.78, 5) is 34.9. The molecule has 0 aliphatic rings. The van der Waals surface area contributed by atoms with Gasteiger partial charge in [0.1, 0.15) is 9.98 Å². The topological polar surface area (TPSA) is 76.9 Å². The van der Waals surface area contributed by atoms with E-state index in [1.807, 2.05) is 30.3 Å².